The Kier molecular flexibility index (Phi) is 2.73. The Bertz CT molecular complexity index is 183. The van der Waals surface area contributed by atoms with Crippen LogP contribution in [-0.2, 0) is 4.79 Å². The number of hydrogen-bond donors (Lipinski definition) is 1. The van der Waals surface area contributed by atoms with Gasteiger partial charge in [0.05, 0.1) is 14.2 Å². The van der Waals surface area contributed by atoms with Crippen LogP contribution in [0.3, 0.4) is 0 Å². The van der Waals surface area contributed by atoms with Gasteiger partial charge in [-0.05, 0) is 12.0 Å². The van der Waals surface area contributed by atoms with Gasteiger partial charge in [0.2, 0.25) is 0 Å². The lowest BCUT2D eigenvalue weighted by molar-refractivity contribution is -0.122. The second kappa shape index (κ2) is 3.30. The summed E-state index contributed by atoms with van der Waals surface area (Å²) in [6, 6.07) is 0. The van der Waals surface area contributed by atoms with Gasteiger partial charge in [-0.1, -0.05) is 19.6 Å². The predicted molar refractivity (Wildman–Crippen MR) is 52.0 cm³/mol. The molecule has 0 heterocycles. The van der Waals surface area contributed by atoms with E-state index >= 15 is 0 Å². The van der Waals surface area contributed by atoms with Crippen molar-refractivity contribution >= 4 is 13.9 Å². The minimum absolute atomic E-state index is 0.233. The third-order valence-corrected chi connectivity index (χ3v) is 5.65. The van der Waals surface area contributed by atoms with Crippen LogP contribution < -0.4 is 0 Å². The Labute approximate surface area is 75.0 Å². The van der Waals surface area contributed by atoms with Gasteiger partial charge in [-0.2, -0.15) is 0 Å². The molecule has 2 nitrogen and oxygen atoms in total. The van der Waals surface area contributed by atoms with Crippen molar-refractivity contribution in [2.75, 3.05) is 0 Å². The van der Waals surface area contributed by atoms with Crippen molar-refractivity contribution < 1.29 is 9.90 Å². The molecular formula is C9H18O2Si. The highest BCUT2D eigenvalue weighted by molar-refractivity contribution is 6.77. The topological polar surface area (TPSA) is 37.3 Å². The molecule has 1 fully saturated rings. The fraction of sp³-hybridized carbons (Fsp3) is 0.889. The molecular weight excluding hydrogens is 168 g/mol. The number of Topliss-reactive ketones (excluding diaryl/α,β-unsaturated/α-hetero) is 1. The number of ketones is 1. The Hall–Kier alpha value is -0.153. The molecule has 1 aliphatic carbocycles. The first-order valence-electron chi connectivity index (χ1n) is 4.61. The average Bonchev–Trinajstić information content (AvgIpc) is 1.83. The molecule has 2 unspecified atom stereocenters. The van der Waals surface area contributed by atoms with Crippen LogP contribution in [0, 0.1) is 0 Å². The molecule has 3 heteroatoms. The van der Waals surface area contributed by atoms with Crippen LogP contribution in [0.15, 0.2) is 0 Å². The third kappa shape index (κ3) is 2.17. The smallest absolute Gasteiger partial charge is 0.135 e. The Morgan fingerprint density at radius 1 is 1.42 bits per heavy atom. The first-order chi connectivity index (χ1) is 5.41. The van der Waals surface area contributed by atoms with Crippen molar-refractivity contribution in [1.29, 1.82) is 0 Å². The molecule has 0 amide bonds. The molecule has 0 aromatic carbocycles. The molecule has 1 N–H and O–H groups in total. The summed E-state index contributed by atoms with van der Waals surface area (Å²) in [4.78, 5) is 11.0. The molecule has 0 saturated heterocycles. The number of hydrogen-bond acceptors (Lipinski definition) is 2. The minimum Gasteiger partial charge on any atom is -0.393 e. The van der Waals surface area contributed by atoms with Gasteiger partial charge in [0.1, 0.15) is 5.78 Å². The fourth-order valence-corrected chi connectivity index (χ4v) is 4.28. The normalized spacial score (nSPS) is 32.2. The molecule has 12 heavy (non-hydrogen) atoms. The molecule has 0 aromatic heterocycles. The number of carbonyl (C=O) groups excluding carboxylic acids is 1. The van der Waals surface area contributed by atoms with E-state index in [1.807, 2.05) is 0 Å². The molecule has 0 spiro atoms. The lowest BCUT2D eigenvalue weighted by atomic mass is 9.96. The Morgan fingerprint density at radius 2 is 2.00 bits per heavy atom. The molecule has 2 atom stereocenters. The van der Waals surface area contributed by atoms with Gasteiger partial charge in [-0.25, -0.2) is 0 Å². The Balaban J connectivity index is 2.62. The second-order valence-corrected chi connectivity index (χ2v) is 10.3. The van der Waals surface area contributed by atoms with Crippen LogP contribution in [0.25, 0.3) is 0 Å². The fourth-order valence-electron chi connectivity index (χ4n) is 2.00. The van der Waals surface area contributed by atoms with Crippen molar-refractivity contribution in [1.82, 2.24) is 0 Å². The standard InChI is InChI=1S/C9H18O2Si/c1-12(2,3)9-5-4-7(10)6-8(9)11/h8-9,11H,4-6H2,1-3H3. The summed E-state index contributed by atoms with van der Waals surface area (Å²) in [5.41, 5.74) is 0.426. The van der Waals surface area contributed by atoms with Gasteiger partial charge in [0.15, 0.2) is 0 Å². The predicted octanol–water partition coefficient (Wildman–Crippen LogP) is 1.81. The first-order valence-corrected chi connectivity index (χ1v) is 8.19. The average molecular weight is 186 g/mol. The van der Waals surface area contributed by atoms with E-state index in [9.17, 15) is 9.90 Å². The monoisotopic (exact) mass is 186 g/mol. The van der Waals surface area contributed by atoms with Gasteiger partial charge < -0.3 is 5.11 Å². The van der Waals surface area contributed by atoms with E-state index in [0.717, 1.165) is 6.42 Å². The molecule has 1 aliphatic rings. The van der Waals surface area contributed by atoms with Crippen LogP contribution >= 0.6 is 0 Å². The molecule has 0 aliphatic heterocycles. The van der Waals surface area contributed by atoms with Crippen LogP contribution in [0.5, 0.6) is 0 Å². The lowest BCUT2D eigenvalue weighted by Crippen LogP contribution is -2.40. The maximum Gasteiger partial charge on any atom is 0.135 e. The van der Waals surface area contributed by atoms with Crippen LogP contribution in [0.2, 0.25) is 25.2 Å². The number of aliphatic hydroxyl groups is 1. The van der Waals surface area contributed by atoms with Crippen LogP contribution in [0.1, 0.15) is 19.3 Å². The maximum atomic E-state index is 11.0. The second-order valence-electron chi connectivity index (χ2n) is 4.82. The van der Waals surface area contributed by atoms with Crippen molar-refractivity contribution in [2.24, 2.45) is 0 Å². The molecule has 1 saturated carbocycles. The quantitative estimate of drug-likeness (QED) is 0.634. The highest BCUT2D eigenvalue weighted by Gasteiger charge is 2.36. The summed E-state index contributed by atoms with van der Waals surface area (Å²) >= 11 is 0. The van der Waals surface area contributed by atoms with Crippen molar-refractivity contribution in [3.8, 4) is 0 Å². The van der Waals surface area contributed by atoms with E-state index in [0.29, 0.717) is 18.4 Å². The molecule has 0 aromatic rings. The highest BCUT2D eigenvalue weighted by atomic mass is 28.3. The van der Waals surface area contributed by atoms with E-state index in [1.54, 1.807) is 0 Å². The molecule has 1 rings (SSSR count). The van der Waals surface area contributed by atoms with Crippen LogP contribution in [0.4, 0.5) is 0 Å². The van der Waals surface area contributed by atoms with Gasteiger partial charge in [0.25, 0.3) is 0 Å². The zero-order valence-corrected chi connectivity index (χ0v) is 9.13. The van der Waals surface area contributed by atoms with E-state index in [-0.39, 0.29) is 11.9 Å². The molecule has 70 valence electrons. The van der Waals surface area contributed by atoms with Gasteiger partial charge in [-0.15, -0.1) is 0 Å². The van der Waals surface area contributed by atoms with E-state index < -0.39 is 8.07 Å². The van der Waals surface area contributed by atoms with Crippen molar-refractivity contribution in [3.63, 3.8) is 0 Å². The minimum atomic E-state index is -1.25. The zero-order valence-electron chi connectivity index (χ0n) is 8.13. The van der Waals surface area contributed by atoms with Gasteiger partial charge in [-0.3, -0.25) is 4.79 Å². The van der Waals surface area contributed by atoms with E-state index in [4.69, 9.17) is 0 Å². The number of carbonyl (C=O) groups is 1. The third-order valence-electron chi connectivity index (χ3n) is 2.75. The maximum absolute atomic E-state index is 11.0. The van der Waals surface area contributed by atoms with Crippen molar-refractivity contribution in [2.45, 2.75) is 50.5 Å². The summed E-state index contributed by atoms with van der Waals surface area (Å²) in [5, 5.41) is 9.69. The van der Waals surface area contributed by atoms with E-state index in [2.05, 4.69) is 19.6 Å². The van der Waals surface area contributed by atoms with Crippen molar-refractivity contribution in [3.05, 3.63) is 0 Å². The van der Waals surface area contributed by atoms with Gasteiger partial charge >= 0.3 is 0 Å². The first kappa shape index (κ1) is 9.93. The summed E-state index contributed by atoms with van der Waals surface area (Å²) in [6.45, 7) is 6.78. The number of rotatable bonds is 1. The SMILES string of the molecule is C[Si](C)(C)C1CCC(=O)CC1O. The summed E-state index contributed by atoms with van der Waals surface area (Å²) in [5.74, 6) is 0.233. The number of aliphatic hydroxyl groups excluding tert-OH is 1. The summed E-state index contributed by atoms with van der Waals surface area (Å²) < 4.78 is 0. The largest absolute Gasteiger partial charge is 0.393 e. The Morgan fingerprint density at radius 3 is 2.42 bits per heavy atom. The molecule has 0 bridgehead atoms. The zero-order chi connectivity index (χ0) is 9.35. The summed E-state index contributed by atoms with van der Waals surface area (Å²) in [6.07, 6.45) is 1.65. The highest BCUT2D eigenvalue weighted by Crippen LogP contribution is 2.35. The lowest BCUT2D eigenvalue weighted by Gasteiger charge is -2.35. The van der Waals surface area contributed by atoms with E-state index in [1.165, 1.54) is 0 Å². The van der Waals surface area contributed by atoms with Gasteiger partial charge in [0, 0.05) is 12.8 Å². The van der Waals surface area contributed by atoms with Crippen LogP contribution in [-0.4, -0.2) is 25.1 Å². The summed E-state index contributed by atoms with van der Waals surface area (Å²) in [7, 11) is -1.25. The molecule has 0 radical (unpaired) electrons.